The number of benzene rings is 2. The van der Waals surface area contributed by atoms with Gasteiger partial charge in [-0.1, -0.05) is 29.8 Å². The summed E-state index contributed by atoms with van der Waals surface area (Å²) in [5.74, 6) is 0. The van der Waals surface area contributed by atoms with Crippen molar-refractivity contribution in [1.29, 1.82) is 5.26 Å². The number of para-hydroxylation sites is 1. The molecule has 0 bridgehead atoms. The summed E-state index contributed by atoms with van der Waals surface area (Å²) in [6, 6.07) is 14.5. The summed E-state index contributed by atoms with van der Waals surface area (Å²) in [6.45, 7) is 1.82. The fraction of sp³-hybridized carbons (Fsp3) is 0.0556. The van der Waals surface area contributed by atoms with E-state index >= 15 is 0 Å². The molecule has 0 saturated carbocycles. The molecule has 2 aromatic carbocycles. The van der Waals surface area contributed by atoms with Gasteiger partial charge < -0.3 is 0 Å². The summed E-state index contributed by atoms with van der Waals surface area (Å²) in [5.41, 5.74) is 2.40. The van der Waals surface area contributed by atoms with Crippen LogP contribution in [0.5, 0.6) is 0 Å². The van der Waals surface area contributed by atoms with Crippen LogP contribution < -0.4 is 5.56 Å². The van der Waals surface area contributed by atoms with E-state index in [1.54, 1.807) is 18.2 Å². The van der Waals surface area contributed by atoms with Crippen LogP contribution in [0.1, 0.15) is 11.3 Å². The fourth-order valence-electron chi connectivity index (χ4n) is 2.31. The molecule has 0 aliphatic heterocycles. The molecule has 0 atom stereocenters. The lowest BCUT2D eigenvalue weighted by molar-refractivity contribution is 0.835. The second-order valence-corrected chi connectivity index (χ2v) is 6.43. The number of nitriles is 1. The molecule has 3 aromatic rings. The van der Waals surface area contributed by atoms with Gasteiger partial charge in [0.2, 0.25) is 0 Å². The van der Waals surface area contributed by atoms with Gasteiger partial charge in [-0.25, -0.2) is 4.68 Å². The Balaban J connectivity index is 1.93. The van der Waals surface area contributed by atoms with Crippen molar-refractivity contribution in [1.82, 2.24) is 9.78 Å². The van der Waals surface area contributed by atoms with Crippen LogP contribution in [0.3, 0.4) is 0 Å². The van der Waals surface area contributed by atoms with E-state index in [4.69, 9.17) is 16.9 Å². The maximum Gasteiger partial charge on any atom is 0.280 e. The first-order chi connectivity index (χ1) is 12.1. The molecule has 0 unspecified atom stereocenters. The topological polar surface area (TPSA) is 73.9 Å². The van der Waals surface area contributed by atoms with Crippen molar-refractivity contribution in [3.05, 3.63) is 75.2 Å². The molecule has 0 spiro atoms. The van der Waals surface area contributed by atoms with Crippen LogP contribution in [-0.4, -0.2) is 16.0 Å². The van der Waals surface area contributed by atoms with Crippen molar-refractivity contribution < 1.29 is 0 Å². The lowest BCUT2D eigenvalue weighted by Crippen LogP contribution is -2.17. The summed E-state index contributed by atoms with van der Waals surface area (Å²) < 4.78 is 1.48. The SMILES string of the molecule is Cc1[nH]n(-c2ccccc2)c(=O)c1C=Nc1ccc(SC#N)c(Cl)c1. The summed E-state index contributed by atoms with van der Waals surface area (Å²) in [4.78, 5) is 17.6. The van der Waals surface area contributed by atoms with Crippen LogP contribution in [0.25, 0.3) is 5.69 Å². The number of thioether (sulfide) groups is 1. The number of aromatic nitrogens is 2. The third-order valence-corrected chi connectivity index (χ3v) is 4.64. The predicted molar refractivity (Wildman–Crippen MR) is 101 cm³/mol. The molecule has 0 amide bonds. The summed E-state index contributed by atoms with van der Waals surface area (Å²) in [7, 11) is 0. The van der Waals surface area contributed by atoms with Crippen LogP contribution in [-0.2, 0) is 0 Å². The van der Waals surface area contributed by atoms with Gasteiger partial charge in [-0.3, -0.25) is 14.9 Å². The molecule has 0 radical (unpaired) electrons. The van der Waals surface area contributed by atoms with Gasteiger partial charge in [0.05, 0.1) is 22.0 Å². The van der Waals surface area contributed by atoms with Crippen LogP contribution in [0.2, 0.25) is 5.02 Å². The van der Waals surface area contributed by atoms with Crippen molar-refractivity contribution in [2.24, 2.45) is 4.99 Å². The van der Waals surface area contributed by atoms with E-state index in [2.05, 4.69) is 10.1 Å². The minimum Gasteiger partial charge on any atom is -0.295 e. The van der Waals surface area contributed by atoms with E-state index in [9.17, 15) is 4.79 Å². The Hall–Kier alpha value is -2.75. The molecular formula is C18H13ClN4OS. The van der Waals surface area contributed by atoms with Crippen molar-refractivity contribution in [2.75, 3.05) is 0 Å². The largest absolute Gasteiger partial charge is 0.295 e. The van der Waals surface area contributed by atoms with E-state index in [0.717, 1.165) is 23.1 Å². The zero-order valence-electron chi connectivity index (χ0n) is 13.2. The van der Waals surface area contributed by atoms with Gasteiger partial charge in [0.1, 0.15) is 5.40 Å². The molecule has 0 saturated heterocycles. The molecule has 0 aliphatic rings. The van der Waals surface area contributed by atoms with E-state index in [1.807, 2.05) is 42.7 Å². The molecular weight excluding hydrogens is 356 g/mol. The monoisotopic (exact) mass is 368 g/mol. The van der Waals surface area contributed by atoms with Gasteiger partial charge in [-0.2, -0.15) is 5.26 Å². The summed E-state index contributed by atoms with van der Waals surface area (Å²) in [5, 5.41) is 14.2. The molecule has 0 fully saturated rings. The van der Waals surface area contributed by atoms with E-state index in [-0.39, 0.29) is 5.56 Å². The first kappa shape index (κ1) is 17.1. The summed E-state index contributed by atoms with van der Waals surface area (Å²) in [6.07, 6.45) is 1.52. The highest BCUT2D eigenvalue weighted by molar-refractivity contribution is 8.03. The molecule has 1 aromatic heterocycles. The van der Waals surface area contributed by atoms with Gasteiger partial charge in [0.15, 0.2) is 0 Å². The first-order valence-corrected chi connectivity index (χ1v) is 8.56. The minimum atomic E-state index is -0.171. The normalized spacial score (nSPS) is 10.9. The highest BCUT2D eigenvalue weighted by atomic mass is 35.5. The van der Waals surface area contributed by atoms with Crippen molar-refractivity contribution >= 4 is 35.3 Å². The predicted octanol–water partition coefficient (Wildman–Crippen LogP) is 4.45. The number of rotatable bonds is 4. The second-order valence-electron chi connectivity index (χ2n) is 5.19. The standard InChI is InChI=1S/C18H13ClN4OS/c1-12-15(18(24)23(22-12)14-5-3-2-4-6-14)10-21-13-7-8-17(25-11-20)16(19)9-13/h2-10,22H,1H3. The van der Waals surface area contributed by atoms with Crippen molar-refractivity contribution in [3.8, 4) is 11.1 Å². The number of aryl methyl sites for hydroxylation is 1. The Bertz CT molecular complexity index is 1030. The van der Waals surface area contributed by atoms with Gasteiger partial charge in [0.25, 0.3) is 5.56 Å². The van der Waals surface area contributed by atoms with Gasteiger partial charge in [0, 0.05) is 16.8 Å². The lowest BCUT2D eigenvalue weighted by atomic mass is 10.2. The number of halogens is 1. The molecule has 1 heterocycles. The smallest absolute Gasteiger partial charge is 0.280 e. The average molecular weight is 369 g/mol. The zero-order chi connectivity index (χ0) is 17.8. The highest BCUT2D eigenvalue weighted by Gasteiger charge is 2.10. The van der Waals surface area contributed by atoms with Crippen molar-refractivity contribution in [3.63, 3.8) is 0 Å². The Morgan fingerprint density at radius 2 is 2.04 bits per heavy atom. The Morgan fingerprint density at radius 1 is 1.28 bits per heavy atom. The molecule has 3 rings (SSSR count). The molecule has 124 valence electrons. The van der Waals surface area contributed by atoms with Crippen LogP contribution in [0.15, 0.2) is 63.2 Å². The average Bonchev–Trinajstić information content (AvgIpc) is 2.90. The number of hydrogen-bond acceptors (Lipinski definition) is 4. The van der Waals surface area contributed by atoms with Crippen LogP contribution >= 0.6 is 23.4 Å². The fourth-order valence-corrected chi connectivity index (χ4v) is 2.99. The zero-order valence-corrected chi connectivity index (χ0v) is 14.8. The van der Waals surface area contributed by atoms with E-state index in [1.165, 1.54) is 10.9 Å². The quantitative estimate of drug-likeness (QED) is 0.420. The van der Waals surface area contributed by atoms with Gasteiger partial charge in [-0.05, 0) is 49.0 Å². The van der Waals surface area contributed by atoms with Crippen LogP contribution in [0.4, 0.5) is 5.69 Å². The minimum absolute atomic E-state index is 0.171. The molecule has 0 aliphatic carbocycles. The molecule has 1 N–H and O–H groups in total. The summed E-state index contributed by atoms with van der Waals surface area (Å²) >= 11 is 7.11. The third kappa shape index (κ3) is 3.68. The second kappa shape index (κ2) is 7.43. The lowest BCUT2D eigenvalue weighted by Gasteiger charge is -1.99. The highest BCUT2D eigenvalue weighted by Crippen LogP contribution is 2.30. The Kier molecular flexibility index (Phi) is 5.08. The maximum atomic E-state index is 12.6. The third-order valence-electron chi connectivity index (χ3n) is 3.55. The Morgan fingerprint density at radius 3 is 2.72 bits per heavy atom. The number of H-pyrrole nitrogens is 1. The number of thiocyanates is 1. The van der Waals surface area contributed by atoms with E-state index in [0.29, 0.717) is 21.2 Å². The number of hydrogen-bond donors (Lipinski definition) is 1. The van der Waals surface area contributed by atoms with E-state index < -0.39 is 0 Å². The van der Waals surface area contributed by atoms with Gasteiger partial charge >= 0.3 is 0 Å². The molecule has 25 heavy (non-hydrogen) atoms. The first-order valence-electron chi connectivity index (χ1n) is 7.36. The number of aromatic amines is 1. The molecule has 7 heteroatoms. The molecule has 5 nitrogen and oxygen atoms in total. The Labute approximate surface area is 153 Å². The van der Waals surface area contributed by atoms with Crippen LogP contribution in [0, 0.1) is 17.6 Å². The van der Waals surface area contributed by atoms with Gasteiger partial charge in [-0.15, -0.1) is 0 Å². The number of nitrogens with zero attached hydrogens (tertiary/aromatic N) is 3. The maximum absolute atomic E-state index is 12.6. The number of aliphatic imine (C=N–C) groups is 1. The van der Waals surface area contributed by atoms with Crippen molar-refractivity contribution in [2.45, 2.75) is 11.8 Å². The number of nitrogens with one attached hydrogen (secondary N) is 1.